The van der Waals surface area contributed by atoms with Gasteiger partial charge in [-0.15, -0.1) is 0 Å². The first-order chi connectivity index (χ1) is 8.75. The number of carbonyl (C=O) groups excluding carboxylic acids is 1. The van der Waals surface area contributed by atoms with Crippen molar-refractivity contribution in [3.05, 3.63) is 24.0 Å². The maximum absolute atomic E-state index is 11.7. The van der Waals surface area contributed by atoms with Gasteiger partial charge < -0.3 is 15.2 Å². The maximum atomic E-state index is 11.7. The summed E-state index contributed by atoms with van der Waals surface area (Å²) in [4.78, 5) is 15.5. The third kappa shape index (κ3) is 3.70. The minimum Gasteiger partial charge on any atom is -0.506 e. The fraction of sp³-hybridized carbons (Fsp3) is 0.538. The predicted molar refractivity (Wildman–Crippen MR) is 66.4 cm³/mol. The summed E-state index contributed by atoms with van der Waals surface area (Å²) >= 11 is 0. The second kappa shape index (κ2) is 6.35. The number of carbonyl (C=O) groups is 1. The Morgan fingerprint density at radius 3 is 3.11 bits per heavy atom. The molecule has 0 bridgehead atoms. The number of aromatic hydroxyl groups is 1. The Kier molecular flexibility index (Phi) is 4.52. The molecule has 1 aromatic heterocycles. The van der Waals surface area contributed by atoms with Crippen LogP contribution < -0.4 is 5.32 Å². The molecule has 98 valence electrons. The van der Waals surface area contributed by atoms with Crippen molar-refractivity contribution in [2.24, 2.45) is 0 Å². The van der Waals surface area contributed by atoms with Crippen LogP contribution in [0.5, 0.6) is 5.75 Å². The van der Waals surface area contributed by atoms with Crippen LogP contribution in [0.15, 0.2) is 18.5 Å². The quantitative estimate of drug-likeness (QED) is 0.849. The van der Waals surface area contributed by atoms with Gasteiger partial charge in [-0.1, -0.05) is 0 Å². The van der Waals surface area contributed by atoms with E-state index in [4.69, 9.17) is 4.74 Å². The molecule has 1 atom stereocenters. The summed E-state index contributed by atoms with van der Waals surface area (Å²) < 4.78 is 5.58. The molecule has 1 fully saturated rings. The fourth-order valence-electron chi connectivity index (χ4n) is 2.04. The van der Waals surface area contributed by atoms with Crippen LogP contribution in [-0.2, 0) is 4.74 Å². The summed E-state index contributed by atoms with van der Waals surface area (Å²) in [5.41, 5.74) is 0.375. The van der Waals surface area contributed by atoms with Crippen LogP contribution in [-0.4, -0.2) is 35.3 Å². The molecule has 0 aliphatic carbocycles. The SMILES string of the molecule is O=C(NCCC1CCCCO1)c1cncc(O)c1. The van der Waals surface area contributed by atoms with Gasteiger partial charge in [0.25, 0.3) is 5.91 Å². The lowest BCUT2D eigenvalue weighted by Crippen LogP contribution is -2.29. The van der Waals surface area contributed by atoms with Gasteiger partial charge in [-0.3, -0.25) is 9.78 Å². The van der Waals surface area contributed by atoms with Gasteiger partial charge in [-0.2, -0.15) is 0 Å². The largest absolute Gasteiger partial charge is 0.506 e. The second-order valence-corrected chi connectivity index (χ2v) is 4.46. The van der Waals surface area contributed by atoms with Crippen molar-refractivity contribution in [3.8, 4) is 5.75 Å². The molecular formula is C13H18N2O3. The van der Waals surface area contributed by atoms with Gasteiger partial charge in [-0.05, 0) is 31.7 Å². The molecule has 1 aromatic rings. The number of hydrogen-bond donors (Lipinski definition) is 2. The molecule has 18 heavy (non-hydrogen) atoms. The fourth-order valence-corrected chi connectivity index (χ4v) is 2.04. The van der Waals surface area contributed by atoms with Crippen molar-refractivity contribution in [1.82, 2.24) is 10.3 Å². The number of nitrogens with one attached hydrogen (secondary N) is 1. The van der Waals surface area contributed by atoms with Gasteiger partial charge >= 0.3 is 0 Å². The molecule has 5 nitrogen and oxygen atoms in total. The van der Waals surface area contributed by atoms with Crippen LogP contribution in [0, 0.1) is 0 Å². The average molecular weight is 250 g/mol. The first-order valence-electron chi connectivity index (χ1n) is 6.29. The highest BCUT2D eigenvalue weighted by Crippen LogP contribution is 2.15. The van der Waals surface area contributed by atoms with Gasteiger partial charge in [0.2, 0.25) is 0 Å². The molecule has 1 aliphatic heterocycles. The predicted octanol–water partition coefficient (Wildman–Crippen LogP) is 1.48. The molecular weight excluding hydrogens is 232 g/mol. The summed E-state index contributed by atoms with van der Waals surface area (Å²) in [5, 5.41) is 12.0. The molecule has 1 saturated heterocycles. The molecule has 0 saturated carbocycles. The lowest BCUT2D eigenvalue weighted by atomic mass is 10.1. The molecule has 5 heteroatoms. The van der Waals surface area contributed by atoms with Crippen molar-refractivity contribution >= 4 is 5.91 Å². The van der Waals surface area contributed by atoms with Crippen molar-refractivity contribution in [2.75, 3.05) is 13.2 Å². The third-order valence-electron chi connectivity index (χ3n) is 3.01. The molecule has 1 aliphatic rings. The Balaban J connectivity index is 1.74. The molecule has 2 heterocycles. The van der Waals surface area contributed by atoms with E-state index in [9.17, 15) is 9.90 Å². The van der Waals surface area contributed by atoms with Gasteiger partial charge in [-0.25, -0.2) is 0 Å². The molecule has 0 spiro atoms. The van der Waals surface area contributed by atoms with E-state index in [1.165, 1.54) is 24.9 Å². The lowest BCUT2D eigenvalue weighted by molar-refractivity contribution is 0.0117. The highest BCUT2D eigenvalue weighted by Gasteiger charge is 2.14. The van der Waals surface area contributed by atoms with Gasteiger partial charge in [0, 0.05) is 19.3 Å². The Morgan fingerprint density at radius 2 is 2.39 bits per heavy atom. The smallest absolute Gasteiger partial charge is 0.252 e. The average Bonchev–Trinajstić information content (AvgIpc) is 2.40. The number of rotatable bonds is 4. The zero-order valence-electron chi connectivity index (χ0n) is 10.3. The van der Waals surface area contributed by atoms with Crippen molar-refractivity contribution < 1.29 is 14.6 Å². The van der Waals surface area contributed by atoms with Crippen LogP contribution >= 0.6 is 0 Å². The minimum absolute atomic E-state index is 0.00161. The minimum atomic E-state index is -0.214. The Hall–Kier alpha value is -1.62. The van der Waals surface area contributed by atoms with E-state index in [0.29, 0.717) is 12.1 Å². The number of hydrogen-bond acceptors (Lipinski definition) is 4. The monoisotopic (exact) mass is 250 g/mol. The molecule has 1 amide bonds. The van der Waals surface area contributed by atoms with Gasteiger partial charge in [0.05, 0.1) is 17.9 Å². The zero-order valence-corrected chi connectivity index (χ0v) is 10.3. The highest BCUT2D eigenvalue weighted by atomic mass is 16.5. The highest BCUT2D eigenvalue weighted by molar-refractivity contribution is 5.94. The summed E-state index contributed by atoms with van der Waals surface area (Å²) in [6.07, 6.45) is 7.24. The van der Waals surface area contributed by atoms with E-state index >= 15 is 0 Å². The van der Waals surface area contributed by atoms with Crippen LogP contribution in [0.2, 0.25) is 0 Å². The van der Waals surface area contributed by atoms with E-state index in [2.05, 4.69) is 10.3 Å². The van der Waals surface area contributed by atoms with Crippen molar-refractivity contribution in [3.63, 3.8) is 0 Å². The Morgan fingerprint density at radius 1 is 1.50 bits per heavy atom. The van der Waals surface area contributed by atoms with Crippen LogP contribution in [0.1, 0.15) is 36.0 Å². The maximum Gasteiger partial charge on any atom is 0.252 e. The number of nitrogens with zero attached hydrogens (tertiary/aromatic N) is 1. The van der Waals surface area contributed by atoms with Gasteiger partial charge in [0.15, 0.2) is 0 Å². The van der Waals surface area contributed by atoms with Gasteiger partial charge in [0.1, 0.15) is 5.75 Å². The van der Waals surface area contributed by atoms with E-state index < -0.39 is 0 Å². The first-order valence-corrected chi connectivity index (χ1v) is 6.29. The first kappa shape index (κ1) is 12.8. The number of aromatic nitrogens is 1. The second-order valence-electron chi connectivity index (χ2n) is 4.46. The van der Waals surface area contributed by atoms with E-state index in [0.717, 1.165) is 25.9 Å². The normalized spacial score (nSPS) is 19.4. The lowest BCUT2D eigenvalue weighted by Gasteiger charge is -2.22. The summed E-state index contributed by atoms with van der Waals surface area (Å²) in [6, 6.07) is 1.40. The van der Waals surface area contributed by atoms with Crippen molar-refractivity contribution in [2.45, 2.75) is 31.8 Å². The van der Waals surface area contributed by atoms with Crippen LogP contribution in [0.4, 0.5) is 0 Å². The molecule has 2 rings (SSSR count). The molecule has 1 unspecified atom stereocenters. The number of pyridine rings is 1. The van der Waals surface area contributed by atoms with Crippen LogP contribution in [0.3, 0.4) is 0 Å². The summed E-state index contributed by atoms with van der Waals surface area (Å²) in [6.45, 7) is 1.41. The summed E-state index contributed by atoms with van der Waals surface area (Å²) in [5.74, 6) is -0.215. The topological polar surface area (TPSA) is 71.5 Å². The molecule has 0 radical (unpaired) electrons. The third-order valence-corrected chi connectivity index (χ3v) is 3.01. The zero-order chi connectivity index (χ0) is 12.8. The van der Waals surface area contributed by atoms with E-state index in [1.54, 1.807) is 0 Å². The number of ether oxygens (including phenoxy) is 1. The Bertz CT molecular complexity index is 403. The molecule has 2 N–H and O–H groups in total. The van der Waals surface area contributed by atoms with E-state index in [-0.39, 0.29) is 17.8 Å². The van der Waals surface area contributed by atoms with E-state index in [1.807, 2.05) is 0 Å². The standard InChI is InChI=1S/C13H18N2O3/c16-11-7-10(8-14-9-11)13(17)15-5-4-12-3-1-2-6-18-12/h7-9,12,16H,1-6H2,(H,15,17). The Labute approximate surface area is 106 Å². The molecule has 0 aromatic carbocycles. The van der Waals surface area contributed by atoms with Crippen molar-refractivity contribution in [1.29, 1.82) is 0 Å². The van der Waals surface area contributed by atoms with Crippen LogP contribution in [0.25, 0.3) is 0 Å². The summed E-state index contributed by atoms with van der Waals surface area (Å²) in [7, 11) is 0. The number of amides is 1.